The van der Waals surface area contributed by atoms with Gasteiger partial charge in [0.05, 0.1) is 6.07 Å². The third kappa shape index (κ3) is 2.96. The Bertz CT molecular complexity index is 798. The summed E-state index contributed by atoms with van der Waals surface area (Å²) in [6.45, 7) is 8.46. The van der Waals surface area contributed by atoms with Gasteiger partial charge in [-0.1, -0.05) is 12.1 Å². The molecule has 0 atom stereocenters. The zero-order valence-corrected chi connectivity index (χ0v) is 13.4. The molecule has 0 saturated heterocycles. The minimum absolute atomic E-state index is 0. The van der Waals surface area contributed by atoms with Crippen molar-refractivity contribution in [3.8, 4) is 11.3 Å². The Labute approximate surface area is 131 Å². The van der Waals surface area contributed by atoms with E-state index in [0.717, 1.165) is 35.4 Å². The number of rotatable bonds is 2. The highest BCUT2D eigenvalue weighted by Gasteiger charge is 2.09. The van der Waals surface area contributed by atoms with Crippen LogP contribution in [0.2, 0.25) is 0 Å². The van der Waals surface area contributed by atoms with Crippen molar-refractivity contribution in [3.05, 3.63) is 53.4 Å². The monoisotopic (exact) mass is 301 g/mol. The molecule has 3 heteroatoms. The van der Waals surface area contributed by atoms with Gasteiger partial charge < -0.3 is 16.8 Å². The third-order valence-electron chi connectivity index (χ3n) is 3.83. The molecule has 0 radical (unpaired) electrons. The van der Waals surface area contributed by atoms with Crippen molar-refractivity contribution >= 4 is 11.0 Å². The van der Waals surface area contributed by atoms with E-state index < -0.39 is 0 Å². The summed E-state index contributed by atoms with van der Waals surface area (Å²) >= 11 is 0. The first-order chi connectivity index (χ1) is 9.71. The first-order valence-electron chi connectivity index (χ1n) is 7.23. The summed E-state index contributed by atoms with van der Waals surface area (Å²) in [4.78, 5) is 0. The maximum absolute atomic E-state index is 6.08. The molecule has 2 nitrogen and oxygen atoms in total. The highest BCUT2D eigenvalue weighted by molar-refractivity contribution is 5.83. The molecule has 0 bridgehead atoms. The molecule has 1 heterocycles. The fourth-order valence-corrected chi connectivity index (χ4v) is 2.65. The fraction of sp³-hybridized carbons (Fsp3) is 0.278. The molecule has 1 aliphatic carbocycles. The Balaban J connectivity index is 0.00000161. The molecule has 1 aromatic carbocycles. The molecule has 0 unspecified atom stereocenters. The van der Waals surface area contributed by atoms with Gasteiger partial charge in [-0.05, 0) is 44.5 Å². The molecule has 2 aliphatic rings. The van der Waals surface area contributed by atoms with Crippen LogP contribution in [0, 0.1) is 6.92 Å². The smallest absolute Gasteiger partial charge is 0.203 e. The summed E-state index contributed by atoms with van der Waals surface area (Å²) in [7, 11) is 0. The zero-order valence-electron chi connectivity index (χ0n) is 12.7. The molecule has 1 aromatic rings. The van der Waals surface area contributed by atoms with E-state index >= 15 is 0 Å². The Morgan fingerprint density at radius 1 is 0.952 bits per heavy atom. The topological polar surface area (TPSA) is 16.1 Å². The average Bonchev–Trinajstić information content (AvgIpc) is 2.46. The summed E-state index contributed by atoms with van der Waals surface area (Å²) in [5.41, 5.74) is 3.33. The minimum atomic E-state index is 0. The van der Waals surface area contributed by atoms with Crippen molar-refractivity contribution < 1.29 is 16.8 Å². The molecule has 0 saturated carbocycles. The lowest BCUT2D eigenvalue weighted by Gasteiger charge is -2.07. The summed E-state index contributed by atoms with van der Waals surface area (Å²) in [5, 5.41) is 2.37. The van der Waals surface area contributed by atoms with Crippen molar-refractivity contribution in [2.24, 2.45) is 0 Å². The number of aryl methyl sites for hydroxylation is 1. The second kappa shape index (κ2) is 6.31. The van der Waals surface area contributed by atoms with Gasteiger partial charge in [0.2, 0.25) is 5.36 Å². The van der Waals surface area contributed by atoms with Gasteiger partial charge in [0.1, 0.15) is 24.4 Å². The second-order valence-electron chi connectivity index (χ2n) is 5.18. The summed E-state index contributed by atoms with van der Waals surface area (Å²) in [6, 6.07) is 15.0. The Morgan fingerprint density at radius 3 is 2.43 bits per heavy atom. The van der Waals surface area contributed by atoms with Gasteiger partial charge in [-0.3, -0.25) is 0 Å². The molecule has 0 amide bonds. The van der Waals surface area contributed by atoms with Gasteiger partial charge in [0, 0.05) is 17.0 Å². The maximum atomic E-state index is 6.08. The third-order valence-corrected chi connectivity index (χ3v) is 3.83. The van der Waals surface area contributed by atoms with Crippen molar-refractivity contribution in [3.63, 3.8) is 0 Å². The largest absolute Gasteiger partial charge is 1.00 e. The molecule has 0 spiro atoms. The predicted molar refractivity (Wildman–Crippen MR) is 83.9 cm³/mol. The van der Waals surface area contributed by atoms with Gasteiger partial charge in [0.25, 0.3) is 0 Å². The molecule has 1 aliphatic heterocycles. The van der Waals surface area contributed by atoms with Crippen molar-refractivity contribution in [1.29, 1.82) is 0 Å². The first kappa shape index (κ1) is 15.6. The average molecular weight is 302 g/mol. The molecule has 3 rings (SSSR count). The normalized spacial score (nSPS) is 10.6. The lowest BCUT2D eigenvalue weighted by Crippen LogP contribution is -3.00. The first-order valence-corrected chi connectivity index (χ1v) is 7.23. The summed E-state index contributed by atoms with van der Waals surface area (Å²) in [6.07, 6.45) is 0. The molecule has 0 N–H and O–H groups in total. The van der Waals surface area contributed by atoms with Crippen molar-refractivity contribution in [1.82, 2.24) is 4.58 Å². The van der Waals surface area contributed by atoms with Crippen LogP contribution in [-0.4, -0.2) is 13.1 Å². The minimum Gasteiger partial charge on any atom is -1.00 e. The molecular weight excluding hydrogens is 282 g/mol. The molecule has 0 fully saturated rings. The van der Waals surface area contributed by atoms with E-state index in [0.29, 0.717) is 0 Å². The quantitative estimate of drug-likeness (QED) is 0.502. The Morgan fingerprint density at radius 2 is 1.71 bits per heavy atom. The predicted octanol–water partition coefficient (Wildman–Crippen LogP) is 0.662. The van der Waals surface area contributed by atoms with Gasteiger partial charge in [0.15, 0.2) is 0 Å². The van der Waals surface area contributed by atoms with Gasteiger partial charge >= 0.3 is 0 Å². The SMILES string of the molecule is CC[N+](CC)=c1ccc2cc3ccc(C)cc3oc-2c1.[Cl-]. The van der Waals surface area contributed by atoms with E-state index in [1.54, 1.807) is 0 Å². The van der Waals surface area contributed by atoms with Gasteiger partial charge in [-0.15, -0.1) is 0 Å². The number of hydrogen-bond acceptors (Lipinski definition) is 1. The van der Waals surface area contributed by atoms with E-state index in [1.807, 2.05) is 0 Å². The Hall–Kier alpha value is -1.80. The van der Waals surface area contributed by atoms with Crippen LogP contribution in [0.4, 0.5) is 0 Å². The van der Waals surface area contributed by atoms with Crippen LogP contribution < -0.4 is 22.3 Å². The van der Waals surface area contributed by atoms with Gasteiger partial charge in [-0.2, -0.15) is 0 Å². The van der Waals surface area contributed by atoms with Crippen LogP contribution in [-0.2, 0) is 0 Å². The lowest BCUT2D eigenvalue weighted by atomic mass is 10.1. The van der Waals surface area contributed by atoms with Crippen LogP contribution in [0.15, 0.2) is 46.9 Å². The van der Waals surface area contributed by atoms with Crippen LogP contribution in [0.1, 0.15) is 19.4 Å². The Kier molecular flexibility index (Phi) is 4.69. The molecular formula is C18H20ClNO. The van der Waals surface area contributed by atoms with Gasteiger partial charge in [-0.25, -0.2) is 4.58 Å². The van der Waals surface area contributed by atoms with E-state index in [9.17, 15) is 0 Å². The number of halogens is 1. The van der Waals surface area contributed by atoms with Crippen LogP contribution in [0.25, 0.3) is 22.3 Å². The van der Waals surface area contributed by atoms with Crippen LogP contribution in [0.3, 0.4) is 0 Å². The van der Waals surface area contributed by atoms with E-state index in [4.69, 9.17) is 4.42 Å². The second-order valence-corrected chi connectivity index (χ2v) is 5.18. The number of benzene rings is 2. The van der Waals surface area contributed by atoms with E-state index in [-0.39, 0.29) is 12.4 Å². The summed E-state index contributed by atoms with van der Waals surface area (Å²) < 4.78 is 8.41. The molecule has 0 aromatic heterocycles. The fourth-order valence-electron chi connectivity index (χ4n) is 2.65. The molecule has 21 heavy (non-hydrogen) atoms. The highest BCUT2D eigenvalue weighted by atomic mass is 35.5. The standard InChI is InChI=1S/C18H20NO.ClH/c1-4-19(5-2)16-9-8-15-11-14-7-6-13(3)10-17(14)20-18(15)12-16;/h6-12H,4-5H2,1-3H3;1H/q+1;/p-1. The highest BCUT2D eigenvalue weighted by Crippen LogP contribution is 2.27. The number of fused-ring (bicyclic) bond motifs is 2. The van der Waals surface area contributed by atoms with Crippen molar-refractivity contribution in [2.45, 2.75) is 20.8 Å². The van der Waals surface area contributed by atoms with Crippen molar-refractivity contribution in [2.75, 3.05) is 13.1 Å². The maximum Gasteiger partial charge on any atom is 0.203 e. The van der Waals surface area contributed by atoms with E-state index in [1.165, 1.54) is 10.9 Å². The molecule has 110 valence electrons. The zero-order chi connectivity index (χ0) is 14.1. The number of nitrogens with zero attached hydrogens (tertiary/aromatic N) is 1. The lowest BCUT2D eigenvalue weighted by molar-refractivity contribution is -0.00000470. The number of hydrogen-bond donors (Lipinski definition) is 0. The summed E-state index contributed by atoms with van der Waals surface area (Å²) in [5.74, 6) is 0.951. The van der Waals surface area contributed by atoms with E-state index in [2.05, 4.69) is 67.8 Å². The van der Waals surface area contributed by atoms with Crippen LogP contribution >= 0.6 is 0 Å². The van der Waals surface area contributed by atoms with Crippen LogP contribution in [0.5, 0.6) is 0 Å².